The maximum Gasteiger partial charge on any atom is 0.243 e. The Kier molecular flexibility index (Phi) is 4.26. The summed E-state index contributed by atoms with van der Waals surface area (Å²) in [6.45, 7) is 0.746. The molecule has 0 spiro atoms. The fourth-order valence-corrected chi connectivity index (χ4v) is 3.74. The third-order valence-corrected chi connectivity index (χ3v) is 5.07. The molecule has 0 bridgehead atoms. The van der Waals surface area contributed by atoms with Gasteiger partial charge in [-0.2, -0.15) is 5.10 Å². The molecule has 2 aliphatic rings. The van der Waals surface area contributed by atoms with Crippen molar-refractivity contribution in [1.82, 2.24) is 20.4 Å². The van der Waals surface area contributed by atoms with Crippen molar-refractivity contribution in [2.24, 2.45) is 0 Å². The van der Waals surface area contributed by atoms with Crippen molar-refractivity contribution < 1.29 is 9.59 Å². The van der Waals surface area contributed by atoms with Crippen molar-refractivity contribution >= 4 is 11.8 Å². The minimum Gasteiger partial charge on any atom is -0.347 e. The number of amides is 2. The van der Waals surface area contributed by atoms with Gasteiger partial charge in [0.05, 0.1) is 18.8 Å². The molecule has 1 saturated heterocycles. The molecule has 1 aromatic heterocycles. The average Bonchev–Trinajstić information content (AvgIpc) is 3.23. The molecule has 1 aromatic carbocycles. The van der Waals surface area contributed by atoms with Gasteiger partial charge in [-0.15, -0.1) is 0 Å². The Bertz CT molecular complexity index is 784. The molecular formula is C19H22N4O2. The second-order valence-electron chi connectivity index (χ2n) is 6.80. The van der Waals surface area contributed by atoms with Crippen LogP contribution in [-0.2, 0) is 22.6 Å². The second kappa shape index (κ2) is 6.70. The van der Waals surface area contributed by atoms with E-state index in [-0.39, 0.29) is 17.9 Å². The molecule has 2 atom stereocenters. The highest BCUT2D eigenvalue weighted by Crippen LogP contribution is 2.30. The topological polar surface area (TPSA) is 76.0 Å². The fourth-order valence-electron chi connectivity index (χ4n) is 3.74. The Balaban J connectivity index is 1.49. The summed E-state index contributed by atoms with van der Waals surface area (Å²) in [5, 5.41) is 10.4. The summed E-state index contributed by atoms with van der Waals surface area (Å²) in [4.78, 5) is 23.7. The van der Waals surface area contributed by atoms with Crippen LogP contribution >= 0.6 is 0 Å². The molecule has 0 saturated carbocycles. The van der Waals surface area contributed by atoms with Crippen LogP contribution in [-0.4, -0.2) is 27.6 Å². The summed E-state index contributed by atoms with van der Waals surface area (Å²) in [6.07, 6.45) is 5.82. The molecule has 6 heteroatoms. The smallest absolute Gasteiger partial charge is 0.243 e. The SMILES string of the molecule is O=C1CC[C@H](C(=O)N[C@H]2CCCc3c2cnn3Cc2ccccc2)N1. The van der Waals surface area contributed by atoms with Crippen LogP contribution in [0, 0.1) is 0 Å². The largest absolute Gasteiger partial charge is 0.347 e. The van der Waals surface area contributed by atoms with Crippen molar-refractivity contribution in [2.45, 2.75) is 50.7 Å². The van der Waals surface area contributed by atoms with Crippen molar-refractivity contribution in [3.8, 4) is 0 Å². The second-order valence-corrected chi connectivity index (χ2v) is 6.80. The van der Waals surface area contributed by atoms with Crippen molar-refractivity contribution in [1.29, 1.82) is 0 Å². The van der Waals surface area contributed by atoms with Gasteiger partial charge in [0.15, 0.2) is 0 Å². The number of aromatic nitrogens is 2. The summed E-state index contributed by atoms with van der Waals surface area (Å²) in [5.41, 5.74) is 3.53. The van der Waals surface area contributed by atoms with Gasteiger partial charge in [0, 0.05) is 17.7 Å². The minimum absolute atomic E-state index is 0.0155. The van der Waals surface area contributed by atoms with Gasteiger partial charge in [0.2, 0.25) is 11.8 Å². The van der Waals surface area contributed by atoms with E-state index in [0.717, 1.165) is 31.4 Å². The molecular weight excluding hydrogens is 316 g/mol. The van der Waals surface area contributed by atoms with Crippen molar-refractivity contribution in [2.75, 3.05) is 0 Å². The van der Waals surface area contributed by atoms with Gasteiger partial charge >= 0.3 is 0 Å². The van der Waals surface area contributed by atoms with E-state index in [9.17, 15) is 9.59 Å². The normalized spacial score (nSPS) is 22.3. The van der Waals surface area contributed by atoms with Crippen LogP contribution in [0.4, 0.5) is 0 Å². The zero-order valence-electron chi connectivity index (χ0n) is 14.1. The monoisotopic (exact) mass is 338 g/mol. The van der Waals surface area contributed by atoms with Gasteiger partial charge < -0.3 is 10.6 Å². The predicted molar refractivity (Wildman–Crippen MR) is 92.8 cm³/mol. The number of nitrogens with zero attached hydrogens (tertiary/aromatic N) is 2. The fraction of sp³-hybridized carbons (Fsp3) is 0.421. The molecule has 1 fully saturated rings. The molecule has 6 nitrogen and oxygen atoms in total. The zero-order valence-corrected chi connectivity index (χ0v) is 14.1. The molecule has 2 amide bonds. The van der Waals surface area contributed by atoms with Crippen molar-refractivity contribution in [3.05, 3.63) is 53.3 Å². The Labute approximate surface area is 146 Å². The lowest BCUT2D eigenvalue weighted by atomic mass is 9.92. The van der Waals surface area contributed by atoms with Gasteiger partial charge in [-0.25, -0.2) is 0 Å². The van der Waals surface area contributed by atoms with E-state index in [0.29, 0.717) is 12.8 Å². The van der Waals surface area contributed by atoms with Gasteiger partial charge in [-0.3, -0.25) is 14.3 Å². The van der Waals surface area contributed by atoms with Crippen LogP contribution in [0.2, 0.25) is 0 Å². The van der Waals surface area contributed by atoms with Crippen LogP contribution < -0.4 is 10.6 Å². The van der Waals surface area contributed by atoms with Crippen LogP contribution in [0.5, 0.6) is 0 Å². The number of carbonyl (C=O) groups is 2. The van der Waals surface area contributed by atoms with E-state index in [1.807, 2.05) is 29.1 Å². The maximum absolute atomic E-state index is 12.4. The van der Waals surface area contributed by atoms with E-state index in [1.165, 1.54) is 11.3 Å². The lowest BCUT2D eigenvalue weighted by molar-refractivity contribution is -0.126. The van der Waals surface area contributed by atoms with E-state index in [4.69, 9.17) is 0 Å². The number of benzene rings is 1. The highest BCUT2D eigenvalue weighted by molar-refractivity contribution is 5.91. The summed E-state index contributed by atoms with van der Waals surface area (Å²) < 4.78 is 2.04. The lowest BCUT2D eigenvalue weighted by Crippen LogP contribution is -2.43. The Hall–Kier alpha value is -2.63. The van der Waals surface area contributed by atoms with E-state index >= 15 is 0 Å². The molecule has 1 aliphatic carbocycles. The predicted octanol–water partition coefficient (Wildman–Crippen LogP) is 1.70. The van der Waals surface area contributed by atoms with E-state index < -0.39 is 6.04 Å². The summed E-state index contributed by atoms with van der Waals surface area (Å²) in [7, 11) is 0. The summed E-state index contributed by atoms with van der Waals surface area (Å²) in [5.74, 6) is -0.125. The number of fused-ring (bicyclic) bond motifs is 1. The van der Waals surface area contributed by atoms with Crippen LogP contribution in [0.3, 0.4) is 0 Å². The Morgan fingerprint density at radius 3 is 2.84 bits per heavy atom. The molecule has 25 heavy (non-hydrogen) atoms. The Morgan fingerprint density at radius 1 is 1.24 bits per heavy atom. The van der Waals surface area contributed by atoms with Gasteiger partial charge in [0.25, 0.3) is 0 Å². The molecule has 0 radical (unpaired) electrons. The maximum atomic E-state index is 12.4. The first-order valence-electron chi connectivity index (χ1n) is 8.89. The third kappa shape index (κ3) is 3.29. The highest BCUT2D eigenvalue weighted by atomic mass is 16.2. The number of rotatable bonds is 4. The van der Waals surface area contributed by atoms with E-state index in [1.54, 1.807) is 0 Å². The van der Waals surface area contributed by atoms with Crippen molar-refractivity contribution in [3.63, 3.8) is 0 Å². The molecule has 2 aromatic rings. The highest BCUT2D eigenvalue weighted by Gasteiger charge is 2.31. The molecule has 130 valence electrons. The molecule has 4 rings (SSSR count). The standard InChI is InChI=1S/C19H22N4O2/c24-18-10-9-16(21-18)19(25)22-15-7-4-8-17-14(15)11-20-23(17)12-13-5-2-1-3-6-13/h1-3,5-6,11,15-16H,4,7-10,12H2,(H,21,24)(H,22,25)/t15-,16+/m0/s1. The van der Waals surface area contributed by atoms with Gasteiger partial charge in [-0.05, 0) is 31.2 Å². The summed E-state index contributed by atoms with van der Waals surface area (Å²) >= 11 is 0. The molecule has 2 N–H and O–H groups in total. The molecule has 2 heterocycles. The van der Waals surface area contributed by atoms with Gasteiger partial charge in [-0.1, -0.05) is 30.3 Å². The summed E-state index contributed by atoms with van der Waals surface area (Å²) in [6, 6.07) is 9.86. The first-order chi connectivity index (χ1) is 12.2. The number of carbonyl (C=O) groups excluding carboxylic acids is 2. The quantitative estimate of drug-likeness (QED) is 0.891. The number of hydrogen-bond acceptors (Lipinski definition) is 3. The minimum atomic E-state index is -0.391. The third-order valence-electron chi connectivity index (χ3n) is 5.07. The number of nitrogens with one attached hydrogen (secondary N) is 2. The van der Waals surface area contributed by atoms with Gasteiger partial charge in [0.1, 0.15) is 6.04 Å². The Morgan fingerprint density at radius 2 is 2.08 bits per heavy atom. The molecule has 1 aliphatic heterocycles. The average molecular weight is 338 g/mol. The lowest BCUT2D eigenvalue weighted by Gasteiger charge is -2.25. The van der Waals surface area contributed by atoms with Crippen LogP contribution in [0.15, 0.2) is 36.5 Å². The molecule has 0 unspecified atom stereocenters. The number of hydrogen-bond donors (Lipinski definition) is 2. The first-order valence-corrected chi connectivity index (χ1v) is 8.89. The van der Waals surface area contributed by atoms with Crippen LogP contribution in [0.25, 0.3) is 0 Å². The van der Waals surface area contributed by atoms with E-state index in [2.05, 4.69) is 27.9 Å². The first kappa shape index (κ1) is 15.9. The van der Waals surface area contributed by atoms with Crippen LogP contribution in [0.1, 0.15) is 48.5 Å². The zero-order chi connectivity index (χ0) is 17.2.